The summed E-state index contributed by atoms with van der Waals surface area (Å²) in [5.74, 6) is 0.164. The van der Waals surface area contributed by atoms with Gasteiger partial charge in [0.05, 0.1) is 5.69 Å². The van der Waals surface area contributed by atoms with Crippen molar-refractivity contribution in [3.8, 4) is 0 Å². The lowest BCUT2D eigenvalue weighted by Gasteiger charge is -2.37. The molecule has 0 amide bonds. The molecule has 0 spiro atoms. The predicted molar refractivity (Wildman–Crippen MR) is 73.0 cm³/mol. The van der Waals surface area contributed by atoms with Crippen molar-refractivity contribution in [2.45, 2.75) is 31.7 Å². The number of aromatic carboxylic acids is 1. The Morgan fingerprint density at radius 2 is 2.33 bits per heavy atom. The van der Waals surface area contributed by atoms with Gasteiger partial charge in [-0.1, -0.05) is 13.0 Å². The van der Waals surface area contributed by atoms with Crippen molar-refractivity contribution in [1.29, 1.82) is 0 Å². The third-order valence-corrected chi connectivity index (χ3v) is 4.74. The largest absolute Gasteiger partial charge is 0.477 e. The fourth-order valence-electron chi connectivity index (χ4n) is 2.11. The summed E-state index contributed by atoms with van der Waals surface area (Å²) in [4.78, 5) is 17.4. The maximum atomic E-state index is 10.9. The predicted octanol–water partition coefficient (Wildman–Crippen LogP) is 2.11. The van der Waals surface area contributed by atoms with E-state index in [0.29, 0.717) is 11.3 Å². The summed E-state index contributed by atoms with van der Waals surface area (Å²) in [5, 5.41) is 9.54. The number of thioether (sulfide) groups is 1. The van der Waals surface area contributed by atoms with Gasteiger partial charge in [-0.15, -0.1) is 0 Å². The molecule has 18 heavy (non-hydrogen) atoms. The molecule has 1 aromatic heterocycles. The van der Waals surface area contributed by atoms with Crippen molar-refractivity contribution >= 4 is 17.7 Å². The minimum atomic E-state index is -0.965. The molecule has 0 radical (unpaired) electrons. The monoisotopic (exact) mass is 266 g/mol. The van der Waals surface area contributed by atoms with Crippen LogP contribution in [0, 0.1) is 0 Å². The van der Waals surface area contributed by atoms with Gasteiger partial charge in [0.15, 0.2) is 0 Å². The Morgan fingerprint density at radius 1 is 1.56 bits per heavy atom. The van der Waals surface area contributed by atoms with E-state index in [-0.39, 0.29) is 5.69 Å². The van der Waals surface area contributed by atoms with Crippen LogP contribution in [0.1, 0.15) is 30.0 Å². The number of aromatic nitrogens is 1. The van der Waals surface area contributed by atoms with Crippen LogP contribution in [0.5, 0.6) is 0 Å². The van der Waals surface area contributed by atoms with Crippen molar-refractivity contribution in [3.05, 3.63) is 29.6 Å². The fourth-order valence-corrected chi connectivity index (χ4v) is 3.28. The topological polar surface area (TPSA) is 53.4 Å². The highest BCUT2D eigenvalue weighted by atomic mass is 32.2. The summed E-state index contributed by atoms with van der Waals surface area (Å²) in [5.41, 5.74) is 0.959. The van der Waals surface area contributed by atoms with E-state index in [2.05, 4.69) is 23.7 Å². The number of pyridine rings is 1. The summed E-state index contributed by atoms with van der Waals surface area (Å²) in [7, 11) is 0. The molecular formula is C13H18N2O2S. The van der Waals surface area contributed by atoms with Gasteiger partial charge in [0.25, 0.3) is 0 Å². The van der Waals surface area contributed by atoms with Crippen LogP contribution < -0.4 is 0 Å². The second kappa shape index (κ2) is 5.71. The molecule has 1 aliphatic rings. The van der Waals surface area contributed by atoms with E-state index in [1.165, 1.54) is 6.07 Å². The van der Waals surface area contributed by atoms with Gasteiger partial charge in [0, 0.05) is 30.1 Å². The molecule has 1 aromatic rings. The number of hydrogen-bond donors (Lipinski definition) is 1. The Kier molecular flexibility index (Phi) is 4.24. The molecule has 2 rings (SSSR count). The Balaban J connectivity index is 2.08. The van der Waals surface area contributed by atoms with Gasteiger partial charge in [-0.05, 0) is 19.1 Å². The van der Waals surface area contributed by atoms with Crippen molar-refractivity contribution in [2.75, 3.05) is 12.3 Å². The van der Waals surface area contributed by atoms with Crippen molar-refractivity contribution in [3.63, 3.8) is 0 Å². The van der Waals surface area contributed by atoms with Crippen LogP contribution in [0.15, 0.2) is 18.2 Å². The van der Waals surface area contributed by atoms with E-state index >= 15 is 0 Å². The van der Waals surface area contributed by atoms with Gasteiger partial charge in [-0.25, -0.2) is 9.78 Å². The summed E-state index contributed by atoms with van der Waals surface area (Å²) in [6.07, 6.45) is 0. The Hall–Kier alpha value is -1.07. The summed E-state index contributed by atoms with van der Waals surface area (Å²) in [6, 6.07) is 5.69. The zero-order valence-corrected chi connectivity index (χ0v) is 11.5. The molecule has 0 bridgehead atoms. The first-order chi connectivity index (χ1) is 8.58. The molecule has 5 heteroatoms. The number of carboxylic acid groups (broad SMARTS) is 1. The summed E-state index contributed by atoms with van der Waals surface area (Å²) < 4.78 is 0. The third-order valence-electron chi connectivity index (χ3n) is 3.41. The molecule has 98 valence electrons. The first-order valence-electron chi connectivity index (χ1n) is 6.13. The minimum absolute atomic E-state index is 0.125. The smallest absolute Gasteiger partial charge is 0.354 e. The molecule has 0 saturated carbocycles. The molecule has 1 aliphatic heterocycles. The van der Waals surface area contributed by atoms with Crippen LogP contribution in [0.4, 0.5) is 0 Å². The summed E-state index contributed by atoms with van der Waals surface area (Å²) >= 11 is 1.99. The van der Waals surface area contributed by atoms with Crippen molar-refractivity contribution < 1.29 is 9.90 Å². The van der Waals surface area contributed by atoms with E-state index in [9.17, 15) is 4.79 Å². The van der Waals surface area contributed by atoms with Crippen LogP contribution in [-0.4, -0.2) is 44.5 Å². The van der Waals surface area contributed by atoms with Gasteiger partial charge < -0.3 is 5.11 Å². The van der Waals surface area contributed by atoms with Crippen LogP contribution in [0.2, 0.25) is 0 Å². The molecule has 2 unspecified atom stereocenters. The highest BCUT2D eigenvalue weighted by Crippen LogP contribution is 2.25. The van der Waals surface area contributed by atoms with Crippen LogP contribution in [0.25, 0.3) is 0 Å². The van der Waals surface area contributed by atoms with E-state index in [0.717, 1.165) is 24.5 Å². The number of carbonyl (C=O) groups is 1. The van der Waals surface area contributed by atoms with Gasteiger partial charge in [0.1, 0.15) is 5.69 Å². The fraction of sp³-hybridized carbons (Fsp3) is 0.538. The van der Waals surface area contributed by atoms with E-state index < -0.39 is 5.97 Å². The van der Waals surface area contributed by atoms with E-state index in [4.69, 9.17) is 5.11 Å². The zero-order chi connectivity index (χ0) is 13.1. The molecular weight excluding hydrogens is 248 g/mol. The standard InChI is InChI=1S/C13H18N2O2S/c1-9-10(2)18-7-6-15(9)8-11-4-3-5-12(14-11)13(16)17/h3-5,9-10H,6-8H2,1-2H3,(H,16,17). The second-order valence-corrected chi connectivity index (χ2v) is 6.09. The third kappa shape index (κ3) is 3.03. The van der Waals surface area contributed by atoms with Gasteiger partial charge >= 0.3 is 5.97 Å². The normalized spacial score (nSPS) is 25.0. The lowest BCUT2D eigenvalue weighted by atomic mass is 10.2. The van der Waals surface area contributed by atoms with Crippen molar-refractivity contribution in [2.24, 2.45) is 0 Å². The minimum Gasteiger partial charge on any atom is -0.477 e. The van der Waals surface area contributed by atoms with Crippen LogP contribution in [0.3, 0.4) is 0 Å². The highest BCUT2D eigenvalue weighted by molar-refractivity contribution is 8.00. The molecule has 0 aliphatic carbocycles. The quantitative estimate of drug-likeness (QED) is 0.908. The maximum absolute atomic E-state index is 10.9. The zero-order valence-electron chi connectivity index (χ0n) is 10.7. The average Bonchev–Trinajstić information content (AvgIpc) is 2.35. The lowest BCUT2D eigenvalue weighted by Crippen LogP contribution is -2.44. The highest BCUT2D eigenvalue weighted by Gasteiger charge is 2.25. The number of nitrogens with zero attached hydrogens (tertiary/aromatic N) is 2. The SMILES string of the molecule is CC1SCCN(Cc2cccc(C(=O)O)n2)C1C. The number of rotatable bonds is 3. The second-order valence-electron chi connectivity index (χ2n) is 4.61. The van der Waals surface area contributed by atoms with Gasteiger partial charge in [-0.3, -0.25) is 4.90 Å². The van der Waals surface area contributed by atoms with E-state index in [1.807, 2.05) is 17.8 Å². The van der Waals surface area contributed by atoms with Crippen LogP contribution >= 0.6 is 11.8 Å². The lowest BCUT2D eigenvalue weighted by molar-refractivity contribution is 0.0689. The van der Waals surface area contributed by atoms with E-state index in [1.54, 1.807) is 6.07 Å². The molecule has 1 fully saturated rings. The first-order valence-corrected chi connectivity index (χ1v) is 7.17. The van der Waals surface area contributed by atoms with Crippen LogP contribution in [-0.2, 0) is 6.54 Å². The number of carboxylic acids is 1. The molecule has 2 heterocycles. The maximum Gasteiger partial charge on any atom is 0.354 e. The average molecular weight is 266 g/mol. The summed E-state index contributed by atoms with van der Waals surface area (Å²) in [6.45, 7) is 6.23. The Labute approximate surface area is 111 Å². The first kappa shape index (κ1) is 13.4. The molecule has 4 nitrogen and oxygen atoms in total. The van der Waals surface area contributed by atoms with Gasteiger partial charge in [-0.2, -0.15) is 11.8 Å². The molecule has 1 N–H and O–H groups in total. The molecule has 0 aromatic carbocycles. The molecule has 1 saturated heterocycles. The van der Waals surface area contributed by atoms with Gasteiger partial charge in [0.2, 0.25) is 0 Å². The van der Waals surface area contributed by atoms with Crippen molar-refractivity contribution in [1.82, 2.24) is 9.88 Å². The Morgan fingerprint density at radius 3 is 3.06 bits per heavy atom. The number of hydrogen-bond acceptors (Lipinski definition) is 4. The molecule has 2 atom stereocenters. The Bertz CT molecular complexity index is 439.